The summed E-state index contributed by atoms with van der Waals surface area (Å²) < 4.78 is 9.73. The number of aryl methyl sites for hydroxylation is 1. The molecule has 0 saturated heterocycles. The number of rotatable bonds is 6. The van der Waals surface area contributed by atoms with Crippen molar-refractivity contribution in [2.45, 2.75) is 57.6 Å². The summed E-state index contributed by atoms with van der Waals surface area (Å²) in [6, 6.07) is 2.09. The molecular weight excluding hydrogens is 352 g/mol. The van der Waals surface area contributed by atoms with Crippen LogP contribution in [0.25, 0.3) is 0 Å². The van der Waals surface area contributed by atoms with Crippen molar-refractivity contribution >= 4 is 17.4 Å². The lowest BCUT2D eigenvalue weighted by atomic mass is 9.93. The number of nitriles is 1. The van der Waals surface area contributed by atoms with Crippen molar-refractivity contribution in [3.63, 3.8) is 0 Å². The molecule has 0 unspecified atom stereocenters. The highest BCUT2D eigenvalue weighted by Crippen LogP contribution is 2.24. The van der Waals surface area contributed by atoms with Crippen molar-refractivity contribution in [1.82, 2.24) is 24.9 Å². The van der Waals surface area contributed by atoms with E-state index >= 15 is 0 Å². The highest BCUT2D eigenvalue weighted by molar-refractivity contribution is 7.08. The second-order valence-corrected chi connectivity index (χ2v) is 6.94. The Kier molecular flexibility index (Phi) is 6.07. The normalized spacial score (nSPS) is 19.5. The molecular formula is C17H20N6O2S. The van der Waals surface area contributed by atoms with Gasteiger partial charge < -0.3 is 10.1 Å². The van der Waals surface area contributed by atoms with Gasteiger partial charge >= 0.3 is 0 Å². The van der Waals surface area contributed by atoms with Gasteiger partial charge in [0.2, 0.25) is 5.69 Å². The summed E-state index contributed by atoms with van der Waals surface area (Å²) in [5.74, 6) is 0.191. The van der Waals surface area contributed by atoms with Crippen LogP contribution in [-0.2, 0) is 6.42 Å². The highest BCUT2D eigenvalue weighted by atomic mass is 32.1. The highest BCUT2D eigenvalue weighted by Gasteiger charge is 2.26. The van der Waals surface area contributed by atoms with E-state index in [-0.39, 0.29) is 29.6 Å². The monoisotopic (exact) mass is 372 g/mol. The van der Waals surface area contributed by atoms with Gasteiger partial charge in [0.1, 0.15) is 17.1 Å². The number of ether oxygens (including phenoxy) is 1. The minimum atomic E-state index is -0.0893. The van der Waals surface area contributed by atoms with Gasteiger partial charge in [-0.25, -0.2) is 9.97 Å². The van der Waals surface area contributed by atoms with Crippen LogP contribution < -0.4 is 10.1 Å². The molecule has 0 atom stereocenters. The number of carbonyl (C=O) groups excluding carboxylic acids is 1. The molecule has 3 rings (SSSR count). The average Bonchev–Trinajstić information content (AvgIpc) is 3.12. The first-order valence-corrected chi connectivity index (χ1v) is 9.48. The SMILES string of the molecule is CCCc1nnsc1C(=O)NC1CCC(Oc2nccnc2C#N)CC1. The number of nitrogens with one attached hydrogen (secondary N) is 1. The fourth-order valence-corrected chi connectivity index (χ4v) is 3.61. The number of amides is 1. The van der Waals surface area contributed by atoms with Gasteiger partial charge in [-0.05, 0) is 43.6 Å². The maximum Gasteiger partial charge on any atom is 0.265 e. The molecule has 0 aliphatic heterocycles. The van der Waals surface area contributed by atoms with E-state index in [9.17, 15) is 4.79 Å². The Labute approximate surface area is 155 Å². The summed E-state index contributed by atoms with van der Waals surface area (Å²) >= 11 is 1.15. The van der Waals surface area contributed by atoms with Crippen molar-refractivity contribution in [3.8, 4) is 11.9 Å². The number of carbonyl (C=O) groups is 1. The number of aromatic nitrogens is 4. The minimum absolute atomic E-state index is 0.0207. The molecule has 1 fully saturated rings. The molecule has 2 aromatic heterocycles. The molecule has 9 heteroatoms. The molecule has 2 heterocycles. The smallest absolute Gasteiger partial charge is 0.265 e. The van der Waals surface area contributed by atoms with E-state index in [1.54, 1.807) is 0 Å². The second-order valence-electron chi connectivity index (χ2n) is 6.19. The summed E-state index contributed by atoms with van der Waals surface area (Å²) in [6.07, 6.45) is 7.86. The summed E-state index contributed by atoms with van der Waals surface area (Å²) in [4.78, 5) is 21.1. The van der Waals surface area contributed by atoms with Gasteiger partial charge in [0.25, 0.3) is 11.8 Å². The first-order chi connectivity index (χ1) is 12.7. The first kappa shape index (κ1) is 18.2. The molecule has 2 aromatic rings. The number of hydrogen-bond acceptors (Lipinski definition) is 8. The van der Waals surface area contributed by atoms with Crippen molar-refractivity contribution in [1.29, 1.82) is 5.26 Å². The Morgan fingerprint density at radius 1 is 1.35 bits per heavy atom. The van der Waals surface area contributed by atoms with Gasteiger partial charge in [-0.2, -0.15) is 5.26 Å². The third-order valence-electron chi connectivity index (χ3n) is 4.31. The second kappa shape index (κ2) is 8.67. The zero-order valence-corrected chi connectivity index (χ0v) is 15.3. The van der Waals surface area contributed by atoms with Gasteiger partial charge in [0.15, 0.2) is 0 Å². The van der Waals surface area contributed by atoms with Crippen LogP contribution in [-0.4, -0.2) is 37.6 Å². The Morgan fingerprint density at radius 2 is 2.12 bits per heavy atom. The van der Waals surface area contributed by atoms with Gasteiger partial charge in [-0.3, -0.25) is 4.79 Å². The zero-order chi connectivity index (χ0) is 18.4. The van der Waals surface area contributed by atoms with Crippen molar-refractivity contribution in [2.75, 3.05) is 0 Å². The van der Waals surface area contributed by atoms with Crippen molar-refractivity contribution in [3.05, 3.63) is 28.7 Å². The lowest BCUT2D eigenvalue weighted by Crippen LogP contribution is -2.39. The molecule has 1 aliphatic rings. The number of nitrogens with zero attached hydrogens (tertiary/aromatic N) is 5. The van der Waals surface area contributed by atoms with Crippen LogP contribution >= 0.6 is 11.5 Å². The Bertz CT molecular complexity index is 795. The largest absolute Gasteiger partial charge is 0.472 e. The molecule has 1 saturated carbocycles. The van der Waals surface area contributed by atoms with Crippen LogP contribution in [0.2, 0.25) is 0 Å². The number of hydrogen-bond donors (Lipinski definition) is 1. The molecule has 0 spiro atoms. The van der Waals surface area contributed by atoms with Crippen LogP contribution in [0.1, 0.15) is 60.1 Å². The van der Waals surface area contributed by atoms with Gasteiger partial charge in [-0.15, -0.1) is 5.10 Å². The minimum Gasteiger partial charge on any atom is -0.472 e. The fraction of sp³-hybridized carbons (Fsp3) is 0.529. The third kappa shape index (κ3) is 4.32. The molecule has 26 heavy (non-hydrogen) atoms. The van der Waals surface area contributed by atoms with Crippen molar-refractivity contribution < 1.29 is 9.53 Å². The predicted octanol–water partition coefficient (Wildman–Crippen LogP) is 2.27. The molecule has 0 radical (unpaired) electrons. The van der Waals surface area contributed by atoms with Gasteiger partial charge in [0, 0.05) is 18.4 Å². The summed E-state index contributed by atoms with van der Waals surface area (Å²) in [5, 5.41) is 16.2. The van der Waals surface area contributed by atoms with E-state index in [2.05, 4.69) is 31.8 Å². The Balaban J connectivity index is 1.51. The molecule has 0 bridgehead atoms. The fourth-order valence-electron chi connectivity index (χ4n) is 3.00. The van der Waals surface area contributed by atoms with E-state index in [1.165, 1.54) is 12.4 Å². The van der Waals surface area contributed by atoms with E-state index in [1.807, 2.05) is 6.07 Å². The average molecular weight is 372 g/mol. The Hall–Kier alpha value is -2.60. The van der Waals surface area contributed by atoms with E-state index < -0.39 is 0 Å². The summed E-state index contributed by atoms with van der Waals surface area (Å²) in [7, 11) is 0. The lowest BCUT2D eigenvalue weighted by Gasteiger charge is -2.29. The van der Waals surface area contributed by atoms with Crippen LogP contribution in [0.5, 0.6) is 5.88 Å². The Morgan fingerprint density at radius 3 is 2.85 bits per heavy atom. The molecule has 8 nitrogen and oxygen atoms in total. The molecule has 1 aliphatic carbocycles. The maximum absolute atomic E-state index is 12.5. The van der Waals surface area contributed by atoms with Crippen molar-refractivity contribution in [2.24, 2.45) is 0 Å². The maximum atomic E-state index is 12.5. The van der Waals surface area contributed by atoms with Crippen LogP contribution in [0.4, 0.5) is 0 Å². The van der Waals surface area contributed by atoms with Gasteiger partial charge in [-0.1, -0.05) is 17.8 Å². The third-order valence-corrected chi connectivity index (χ3v) is 5.07. The lowest BCUT2D eigenvalue weighted by molar-refractivity contribution is 0.0892. The van der Waals surface area contributed by atoms with Gasteiger partial charge in [0.05, 0.1) is 5.69 Å². The van der Waals surface area contributed by atoms with E-state index in [4.69, 9.17) is 10.00 Å². The quantitative estimate of drug-likeness (QED) is 0.827. The first-order valence-electron chi connectivity index (χ1n) is 8.71. The van der Waals surface area contributed by atoms with Crippen LogP contribution in [0, 0.1) is 11.3 Å². The van der Waals surface area contributed by atoms with Crippen LogP contribution in [0.3, 0.4) is 0 Å². The van der Waals surface area contributed by atoms with E-state index in [0.717, 1.165) is 55.8 Å². The molecule has 136 valence electrons. The summed E-state index contributed by atoms with van der Waals surface area (Å²) in [6.45, 7) is 2.05. The summed E-state index contributed by atoms with van der Waals surface area (Å²) in [5.41, 5.74) is 0.975. The van der Waals surface area contributed by atoms with Crippen LogP contribution in [0.15, 0.2) is 12.4 Å². The molecule has 1 N–H and O–H groups in total. The molecule has 1 amide bonds. The van der Waals surface area contributed by atoms with E-state index in [0.29, 0.717) is 4.88 Å². The predicted molar refractivity (Wildman–Crippen MR) is 94.8 cm³/mol. The molecule has 0 aromatic carbocycles. The topological polar surface area (TPSA) is 114 Å². The standard InChI is InChI=1S/C17H20N6O2S/c1-2-3-13-15(26-23-22-13)16(24)21-11-4-6-12(7-5-11)25-17-14(10-18)19-8-9-20-17/h8-9,11-12H,2-7H2,1H3,(H,21,24). The zero-order valence-electron chi connectivity index (χ0n) is 14.5.